The van der Waals surface area contributed by atoms with E-state index in [-0.39, 0.29) is 12.6 Å². The van der Waals surface area contributed by atoms with E-state index in [4.69, 9.17) is 5.11 Å². The van der Waals surface area contributed by atoms with E-state index < -0.39 is 0 Å². The van der Waals surface area contributed by atoms with E-state index in [0.29, 0.717) is 0 Å². The van der Waals surface area contributed by atoms with E-state index >= 15 is 0 Å². The monoisotopic (exact) mass is 290 g/mol. The van der Waals surface area contributed by atoms with Gasteiger partial charge in [-0.1, -0.05) is 29.8 Å². The van der Waals surface area contributed by atoms with Gasteiger partial charge in [0.1, 0.15) is 5.01 Å². The molecule has 1 heterocycles. The predicted octanol–water partition coefficient (Wildman–Crippen LogP) is 3.46. The molecule has 2 rings (SSSR count). The Morgan fingerprint density at radius 2 is 1.95 bits per heavy atom. The fraction of sp³-hybridized carbons (Fsp3) is 0.438. The molecule has 0 aliphatic carbocycles. The zero-order valence-electron chi connectivity index (χ0n) is 12.3. The van der Waals surface area contributed by atoms with Crippen LogP contribution in [0.25, 0.3) is 10.6 Å². The summed E-state index contributed by atoms with van der Waals surface area (Å²) in [6, 6.07) is 8.77. The molecule has 0 radical (unpaired) electrons. The van der Waals surface area contributed by atoms with Crippen LogP contribution >= 0.6 is 11.3 Å². The molecule has 0 aliphatic heterocycles. The molecular weight excluding hydrogens is 268 g/mol. The average molecular weight is 290 g/mol. The van der Waals surface area contributed by atoms with Gasteiger partial charge in [-0.25, -0.2) is 4.98 Å². The Morgan fingerprint density at radius 3 is 2.60 bits per heavy atom. The van der Waals surface area contributed by atoms with Gasteiger partial charge in [-0.05, 0) is 33.7 Å². The maximum Gasteiger partial charge on any atom is 0.123 e. The van der Waals surface area contributed by atoms with Crippen molar-refractivity contribution in [2.75, 3.05) is 13.2 Å². The van der Waals surface area contributed by atoms with Gasteiger partial charge in [-0.3, -0.25) is 0 Å². The molecule has 0 bridgehead atoms. The summed E-state index contributed by atoms with van der Waals surface area (Å²) >= 11 is 1.75. The quantitative estimate of drug-likeness (QED) is 0.801. The largest absolute Gasteiger partial charge is 0.396 e. The third-order valence-electron chi connectivity index (χ3n) is 3.31. The molecule has 0 amide bonds. The molecule has 0 aliphatic rings. The number of aromatic nitrogens is 1. The number of aryl methyl sites for hydroxylation is 2. The third kappa shape index (κ3) is 3.66. The summed E-state index contributed by atoms with van der Waals surface area (Å²) < 4.78 is 0. The smallest absolute Gasteiger partial charge is 0.123 e. The summed E-state index contributed by atoms with van der Waals surface area (Å²) in [6.07, 6.45) is 0.785. The highest BCUT2D eigenvalue weighted by molar-refractivity contribution is 7.15. The summed E-state index contributed by atoms with van der Waals surface area (Å²) in [5.74, 6) is 0. The van der Waals surface area contributed by atoms with E-state index in [1.807, 2.05) is 0 Å². The Balaban J connectivity index is 2.14. The fourth-order valence-corrected chi connectivity index (χ4v) is 3.22. The molecule has 1 aromatic heterocycles. The second kappa shape index (κ2) is 6.97. The minimum absolute atomic E-state index is 0.232. The highest BCUT2D eigenvalue weighted by atomic mass is 32.1. The van der Waals surface area contributed by atoms with Crippen molar-refractivity contribution in [3.8, 4) is 10.6 Å². The fourth-order valence-electron chi connectivity index (χ4n) is 2.12. The summed E-state index contributed by atoms with van der Waals surface area (Å²) in [4.78, 5) is 5.97. The van der Waals surface area contributed by atoms with Crippen LogP contribution in [0.15, 0.2) is 24.3 Å². The number of nitrogens with zero attached hydrogens (tertiary/aromatic N) is 1. The molecule has 1 atom stereocenters. The van der Waals surface area contributed by atoms with Gasteiger partial charge in [0.2, 0.25) is 0 Å². The van der Waals surface area contributed by atoms with E-state index in [1.165, 1.54) is 16.0 Å². The Morgan fingerprint density at radius 1 is 1.25 bits per heavy atom. The van der Waals surface area contributed by atoms with Crippen LogP contribution < -0.4 is 5.32 Å². The van der Waals surface area contributed by atoms with Gasteiger partial charge in [-0.15, -0.1) is 11.3 Å². The van der Waals surface area contributed by atoms with Gasteiger partial charge < -0.3 is 10.4 Å². The lowest BCUT2D eigenvalue weighted by Gasteiger charge is -2.11. The maximum absolute atomic E-state index is 8.83. The lowest BCUT2D eigenvalue weighted by atomic mass is 10.2. The highest BCUT2D eigenvalue weighted by Crippen LogP contribution is 2.31. The Labute approximate surface area is 124 Å². The zero-order valence-corrected chi connectivity index (χ0v) is 13.1. The van der Waals surface area contributed by atoms with E-state index in [9.17, 15) is 0 Å². The van der Waals surface area contributed by atoms with E-state index in [1.54, 1.807) is 11.3 Å². The molecule has 1 unspecified atom stereocenters. The lowest BCUT2D eigenvalue weighted by Crippen LogP contribution is -2.20. The number of nitrogens with one attached hydrogen (secondary N) is 1. The van der Waals surface area contributed by atoms with Crippen LogP contribution in [0, 0.1) is 13.8 Å². The number of aliphatic hydroxyl groups excluding tert-OH is 1. The molecule has 3 nitrogen and oxygen atoms in total. The predicted molar refractivity (Wildman–Crippen MR) is 85.1 cm³/mol. The Kier molecular flexibility index (Phi) is 5.29. The highest BCUT2D eigenvalue weighted by Gasteiger charge is 2.14. The number of aliphatic hydroxyl groups is 1. The van der Waals surface area contributed by atoms with Crippen molar-refractivity contribution < 1.29 is 5.11 Å². The first-order valence-electron chi connectivity index (χ1n) is 7.00. The molecule has 4 heteroatoms. The van der Waals surface area contributed by atoms with Gasteiger partial charge in [0.15, 0.2) is 0 Å². The van der Waals surface area contributed by atoms with Crippen LogP contribution in [0.2, 0.25) is 0 Å². The van der Waals surface area contributed by atoms with Crippen molar-refractivity contribution in [3.05, 3.63) is 40.4 Å². The molecule has 20 heavy (non-hydrogen) atoms. The van der Waals surface area contributed by atoms with Crippen LogP contribution in [0.4, 0.5) is 0 Å². The van der Waals surface area contributed by atoms with Crippen molar-refractivity contribution >= 4 is 11.3 Å². The van der Waals surface area contributed by atoms with Gasteiger partial charge >= 0.3 is 0 Å². The first-order chi connectivity index (χ1) is 9.61. The Hall–Kier alpha value is -1.23. The summed E-state index contributed by atoms with van der Waals surface area (Å²) in [7, 11) is 0. The van der Waals surface area contributed by atoms with Crippen LogP contribution in [-0.4, -0.2) is 23.2 Å². The van der Waals surface area contributed by atoms with Crippen molar-refractivity contribution in [2.24, 2.45) is 0 Å². The number of hydrogen-bond donors (Lipinski definition) is 2. The lowest BCUT2D eigenvalue weighted by molar-refractivity contribution is 0.284. The van der Waals surface area contributed by atoms with Gasteiger partial charge in [0, 0.05) is 23.1 Å². The molecular formula is C16H22N2OS. The average Bonchev–Trinajstić information content (AvgIpc) is 2.82. The second-order valence-electron chi connectivity index (χ2n) is 5.09. The van der Waals surface area contributed by atoms with Crippen molar-refractivity contribution in [1.82, 2.24) is 10.3 Å². The van der Waals surface area contributed by atoms with Crippen LogP contribution in [0.3, 0.4) is 0 Å². The third-order valence-corrected chi connectivity index (χ3v) is 4.70. The topological polar surface area (TPSA) is 45.2 Å². The standard InChI is InChI=1S/C16H22N2OS/c1-11-5-7-14(8-6-11)16-18-13(3)15(20-16)12(2)17-9-4-10-19/h5-8,12,17,19H,4,9-10H2,1-3H3. The molecule has 2 aromatic rings. The summed E-state index contributed by atoms with van der Waals surface area (Å²) in [6.45, 7) is 7.37. The normalized spacial score (nSPS) is 12.6. The van der Waals surface area contributed by atoms with Crippen molar-refractivity contribution in [1.29, 1.82) is 0 Å². The molecule has 0 spiro atoms. The molecule has 108 valence electrons. The van der Waals surface area contributed by atoms with Gasteiger partial charge in [-0.2, -0.15) is 0 Å². The minimum Gasteiger partial charge on any atom is -0.396 e. The molecule has 2 N–H and O–H groups in total. The molecule has 0 fully saturated rings. The van der Waals surface area contributed by atoms with Crippen LogP contribution in [0.1, 0.15) is 35.5 Å². The molecule has 0 saturated heterocycles. The van der Waals surface area contributed by atoms with Gasteiger partial charge in [0.25, 0.3) is 0 Å². The molecule has 1 aromatic carbocycles. The first kappa shape index (κ1) is 15.2. The number of thiazole rings is 1. The minimum atomic E-state index is 0.232. The summed E-state index contributed by atoms with van der Waals surface area (Å²) in [5.41, 5.74) is 3.54. The van der Waals surface area contributed by atoms with E-state index in [2.05, 4.69) is 55.3 Å². The number of rotatable bonds is 6. The maximum atomic E-state index is 8.83. The second-order valence-corrected chi connectivity index (χ2v) is 6.12. The van der Waals surface area contributed by atoms with Crippen LogP contribution in [0.5, 0.6) is 0 Å². The SMILES string of the molecule is Cc1ccc(-c2nc(C)c(C(C)NCCCO)s2)cc1. The van der Waals surface area contributed by atoms with Crippen LogP contribution in [-0.2, 0) is 0 Å². The first-order valence-corrected chi connectivity index (χ1v) is 7.82. The van der Waals surface area contributed by atoms with Crippen molar-refractivity contribution in [3.63, 3.8) is 0 Å². The Bertz CT molecular complexity index is 548. The van der Waals surface area contributed by atoms with E-state index in [0.717, 1.165) is 23.7 Å². The zero-order chi connectivity index (χ0) is 14.5. The summed E-state index contributed by atoms with van der Waals surface area (Å²) in [5, 5.41) is 13.3. The number of hydrogen-bond acceptors (Lipinski definition) is 4. The van der Waals surface area contributed by atoms with Gasteiger partial charge in [0.05, 0.1) is 5.69 Å². The van der Waals surface area contributed by atoms with Crippen molar-refractivity contribution in [2.45, 2.75) is 33.2 Å². The number of benzene rings is 1. The molecule has 0 saturated carbocycles.